The minimum atomic E-state index is -1.30. The van der Waals surface area contributed by atoms with E-state index >= 15 is 0 Å². The molecule has 0 heterocycles. The number of aliphatic hydroxyl groups is 1. The van der Waals surface area contributed by atoms with Crippen molar-refractivity contribution in [2.75, 3.05) is 27.9 Å². The van der Waals surface area contributed by atoms with Crippen molar-refractivity contribution < 1.29 is 52.6 Å². The van der Waals surface area contributed by atoms with E-state index in [0.29, 0.717) is 28.4 Å². The van der Waals surface area contributed by atoms with Crippen LogP contribution >= 0.6 is 0 Å². The first-order valence-corrected chi connectivity index (χ1v) is 12.7. The largest absolute Gasteiger partial charge is 0.493 e. The molecule has 0 spiro atoms. The smallest absolute Gasteiger partial charge is 0.330 e. The number of rotatable bonds is 13. The fourth-order valence-electron chi connectivity index (χ4n) is 3.79. The van der Waals surface area contributed by atoms with E-state index in [1.807, 2.05) is 0 Å². The van der Waals surface area contributed by atoms with E-state index in [-0.39, 0.29) is 23.9 Å². The third-order valence-corrected chi connectivity index (χ3v) is 5.73. The molecule has 0 radical (unpaired) electrons. The summed E-state index contributed by atoms with van der Waals surface area (Å²) in [7, 11) is 4.30. The van der Waals surface area contributed by atoms with E-state index in [0.717, 1.165) is 0 Å². The number of benzene rings is 3. The highest BCUT2D eigenvalue weighted by molar-refractivity contribution is 5.87. The normalized spacial score (nSPS) is 12.1. The van der Waals surface area contributed by atoms with E-state index in [1.165, 1.54) is 59.5 Å². The van der Waals surface area contributed by atoms with Crippen LogP contribution in [0.4, 0.5) is 0 Å². The van der Waals surface area contributed by atoms with E-state index in [2.05, 4.69) is 0 Å². The van der Waals surface area contributed by atoms with Gasteiger partial charge in [-0.1, -0.05) is 24.3 Å². The third kappa shape index (κ3) is 8.73. The molecule has 0 aliphatic heterocycles. The van der Waals surface area contributed by atoms with Crippen LogP contribution in [0.1, 0.15) is 31.1 Å². The lowest BCUT2D eigenvalue weighted by molar-refractivity contribution is -0.142. The van der Waals surface area contributed by atoms with Gasteiger partial charge in [-0.05, 0) is 53.6 Å². The Morgan fingerprint density at radius 1 is 0.738 bits per heavy atom. The lowest BCUT2D eigenvalue weighted by Gasteiger charge is -2.25. The average Bonchev–Trinajstić information content (AvgIpc) is 2.98. The van der Waals surface area contributed by atoms with Gasteiger partial charge in [-0.25, -0.2) is 4.79 Å². The molecule has 0 aliphatic carbocycles. The minimum Gasteiger partial charge on any atom is -0.493 e. The Labute approximate surface area is 243 Å². The summed E-state index contributed by atoms with van der Waals surface area (Å²) in [5.74, 6) is -0.0544. The molecule has 0 bridgehead atoms. The van der Waals surface area contributed by atoms with Crippen molar-refractivity contribution in [1.29, 1.82) is 0 Å². The highest BCUT2D eigenvalue weighted by Gasteiger charge is 2.27. The van der Waals surface area contributed by atoms with Gasteiger partial charge in [0, 0.05) is 19.9 Å². The number of para-hydroxylation sites is 2. The van der Waals surface area contributed by atoms with Gasteiger partial charge in [0.15, 0.2) is 40.6 Å². The molecule has 2 atom stereocenters. The predicted molar refractivity (Wildman–Crippen MR) is 151 cm³/mol. The Morgan fingerprint density at radius 3 is 1.90 bits per heavy atom. The van der Waals surface area contributed by atoms with Crippen LogP contribution in [0.5, 0.6) is 34.5 Å². The van der Waals surface area contributed by atoms with Crippen molar-refractivity contribution >= 4 is 24.0 Å². The molecule has 3 aromatic carbocycles. The first kappa shape index (κ1) is 31.5. The number of aliphatic hydroxyl groups excluding tert-OH is 1. The van der Waals surface area contributed by atoms with Crippen LogP contribution < -0.4 is 28.4 Å². The van der Waals surface area contributed by atoms with Crippen LogP contribution in [0.3, 0.4) is 0 Å². The van der Waals surface area contributed by atoms with Gasteiger partial charge in [-0.2, -0.15) is 0 Å². The Morgan fingerprint density at radius 2 is 1.31 bits per heavy atom. The molecule has 0 saturated heterocycles. The molecule has 42 heavy (non-hydrogen) atoms. The Balaban J connectivity index is 1.80. The highest BCUT2D eigenvalue weighted by Crippen LogP contribution is 2.34. The average molecular weight is 581 g/mol. The molecular weight excluding hydrogens is 548 g/mol. The molecule has 0 saturated carbocycles. The fourth-order valence-corrected chi connectivity index (χ4v) is 3.79. The summed E-state index contributed by atoms with van der Waals surface area (Å²) in [6.07, 6.45) is 0.313. The van der Waals surface area contributed by atoms with Crippen LogP contribution in [-0.4, -0.2) is 57.1 Å². The molecule has 0 aliphatic rings. The number of carbonyl (C=O) groups excluding carboxylic acids is 3. The quantitative estimate of drug-likeness (QED) is 0.176. The number of hydrogen-bond donors (Lipinski definition) is 1. The summed E-state index contributed by atoms with van der Waals surface area (Å²) in [4.78, 5) is 35.3. The summed E-state index contributed by atoms with van der Waals surface area (Å²) in [6, 6.07) is 16.1. The van der Waals surface area contributed by atoms with Gasteiger partial charge >= 0.3 is 17.9 Å². The standard InChI is InChI=1S/C31H32O11/c1-19(32)40-25-13-10-21(16-27(25)37-4)11-15-30(34)39-18-29(42-24-9-7-6-8-23(24)36-3)31(35)22-12-14-26(41-20(2)33)28(17-22)38-5/h6-17,29,31,35H,18H2,1-5H3/b15-11+/t29-,31-/m1/s1. The topological polar surface area (TPSA) is 136 Å². The maximum atomic E-state index is 12.6. The van der Waals surface area contributed by atoms with Crippen LogP contribution in [-0.2, 0) is 19.1 Å². The van der Waals surface area contributed by atoms with Crippen molar-refractivity contribution in [2.24, 2.45) is 0 Å². The van der Waals surface area contributed by atoms with Crippen molar-refractivity contribution in [3.05, 3.63) is 77.9 Å². The summed E-state index contributed by atoms with van der Waals surface area (Å²) in [6.45, 7) is 2.20. The van der Waals surface area contributed by atoms with Crippen LogP contribution in [0.15, 0.2) is 66.7 Å². The van der Waals surface area contributed by atoms with E-state index in [1.54, 1.807) is 48.5 Å². The van der Waals surface area contributed by atoms with Crippen molar-refractivity contribution in [3.63, 3.8) is 0 Å². The summed E-state index contributed by atoms with van der Waals surface area (Å²) in [5, 5.41) is 11.3. The second kappa shape index (κ2) is 15.1. The molecular formula is C31H32O11. The zero-order chi connectivity index (χ0) is 30.6. The lowest BCUT2D eigenvalue weighted by atomic mass is 10.0. The van der Waals surface area contributed by atoms with Gasteiger partial charge in [0.25, 0.3) is 0 Å². The minimum absolute atomic E-state index is 0.178. The third-order valence-electron chi connectivity index (χ3n) is 5.73. The SMILES string of the molecule is COc1cc(/C=C/C(=O)OC[C@@H](Oc2ccccc2OC)[C@H](O)c2ccc(OC(C)=O)c(OC)c2)ccc1OC(C)=O. The Hall–Kier alpha value is -5.03. The predicted octanol–water partition coefficient (Wildman–Crippen LogP) is 4.30. The molecule has 11 nitrogen and oxygen atoms in total. The van der Waals surface area contributed by atoms with E-state index < -0.39 is 30.1 Å². The van der Waals surface area contributed by atoms with Gasteiger partial charge in [-0.3, -0.25) is 9.59 Å². The number of carbonyl (C=O) groups is 3. The van der Waals surface area contributed by atoms with E-state index in [4.69, 9.17) is 33.2 Å². The first-order valence-electron chi connectivity index (χ1n) is 12.7. The first-order chi connectivity index (χ1) is 20.1. The van der Waals surface area contributed by atoms with Crippen LogP contribution in [0, 0.1) is 0 Å². The molecule has 0 unspecified atom stereocenters. The van der Waals surface area contributed by atoms with Gasteiger partial charge in [0.1, 0.15) is 12.7 Å². The molecule has 1 N–H and O–H groups in total. The maximum Gasteiger partial charge on any atom is 0.330 e. The maximum absolute atomic E-state index is 12.6. The lowest BCUT2D eigenvalue weighted by Crippen LogP contribution is -2.31. The summed E-state index contributed by atoms with van der Waals surface area (Å²) in [5.41, 5.74) is 0.940. The van der Waals surface area contributed by atoms with Crippen LogP contribution in [0.25, 0.3) is 6.08 Å². The second-order valence-corrected chi connectivity index (χ2v) is 8.72. The van der Waals surface area contributed by atoms with Gasteiger partial charge in [0.2, 0.25) is 0 Å². The Bertz CT molecular complexity index is 1430. The molecule has 0 aromatic heterocycles. The highest BCUT2D eigenvalue weighted by atomic mass is 16.6. The molecule has 222 valence electrons. The number of methoxy groups -OCH3 is 3. The van der Waals surface area contributed by atoms with Gasteiger partial charge < -0.3 is 38.3 Å². The number of ether oxygens (including phenoxy) is 7. The second-order valence-electron chi connectivity index (χ2n) is 8.72. The molecule has 0 amide bonds. The number of hydrogen-bond acceptors (Lipinski definition) is 11. The van der Waals surface area contributed by atoms with Crippen molar-refractivity contribution in [2.45, 2.75) is 26.1 Å². The monoisotopic (exact) mass is 580 g/mol. The van der Waals surface area contributed by atoms with Crippen molar-refractivity contribution in [1.82, 2.24) is 0 Å². The zero-order valence-corrected chi connectivity index (χ0v) is 23.8. The van der Waals surface area contributed by atoms with Gasteiger partial charge in [0.05, 0.1) is 21.3 Å². The number of esters is 3. The molecule has 0 fully saturated rings. The molecule has 11 heteroatoms. The zero-order valence-electron chi connectivity index (χ0n) is 23.8. The molecule has 3 rings (SSSR count). The van der Waals surface area contributed by atoms with Crippen molar-refractivity contribution in [3.8, 4) is 34.5 Å². The summed E-state index contributed by atoms with van der Waals surface area (Å²) < 4.78 is 37.6. The summed E-state index contributed by atoms with van der Waals surface area (Å²) >= 11 is 0. The van der Waals surface area contributed by atoms with Gasteiger partial charge in [-0.15, -0.1) is 0 Å². The molecule has 3 aromatic rings. The van der Waals surface area contributed by atoms with Crippen LogP contribution in [0.2, 0.25) is 0 Å². The Kier molecular flexibility index (Phi) is 11.3. The van der Waals surface area contributed by atoms with E-state index in [9.17, 15) is 19.5 Å². The fraction of sp³-hybridized carbons (Fsp3) is 0.258.